The average molecular weight is 690 g/mol. The zero-order valence-corrected chi connectivity index (χ0v) is 21.7. The first-order valence-corrected chi connectivity index (χ1v) is 11.9. The van der Waals surface area contributed by atoms with Gasteiger partial charge in [0.15, 0.2) is 6.10 Å². The van der Waals surface area contributed by atoms with Crippen molar-refractivity contribution >= 4 is 0 Å². The van der Waals surface area contributed by atoms with Gasteiger partial charge in [0.2, 0.25) is 0 Å². The molecule has 0 spiro atoms. The molecule has 0 saturated heterocycles. The molecule has 0 radical (unpaired) electrons. The lowest BCUT2D eigenvalue weighted by Gasteiger charge is -2.44. The molecule has 0 fully saturated rings. The van der Waals surface area contributed by atoms with Crippen molar-refractivity contribution in [1.29, 1.82) is 0 Å². The highest BCUT2D eigenvalue weighted by Gasteiger charge is 2.95. The van der Waals surface area contributed by atoms with E-state index in [1.165, 1.54) is 48.5 Å². The Morgan fingerprint density at radius 1 is 0.467 bits per heavy atom. The number of benzene rings is 2. The Labute approximate surface area is 241 Å². The number of rotatable bonds is 15. The van der Waals surface area contributed by atoms with E-state index in [2.05, 4.69) is 4.74 Å². The highest BCUT2D eigenvalue weighted by molar-refractivity contribution is 5.18. The van der Waals surface area contributed by atoms with Crippen molar-refractivity contribution in [3.05, 3.63) is 71.8 Å². The van der Waals surface area contributed by atoms with Crippen molar-refractivity contribution in [3.8, 4) is 0 Å². The van der Waals surface area contributed by atoms with Crippen molar-refractivity contribution in [1.82, 2.24) is 0 Å². The normalized spacial score (nSPS) is 16.0. The molecular weight excluding hydrogens is 671 g/mol. The van der Waals surface area contributed by atoms with Crippen LogP contribution in [0, 0.1) is 0 Å². The second-order valence-electron chi connectivity index (χ2n) is 9.30. The minimum atomic E-state index is -8.76. The number of alkyl halides is 17. The van der Waals surface area contributed by atoms with Crippen molar-refractivity contribution in [2.24, 2.45) is 0 Å². The van der Waals surface area contributed by atoms with Crippen LogP contribution in [0.2, 0.25) is 0 Å². The van der Waals surface area contributed by atoms with E-state index in [9.17, 15) is 71.0 Å². The summed E-state index contributed by atoms with van der Waals surface area (Å²) in [5.41, 5.74) is -0.170. The van der Waals surface area contributed by atoms with Crippen LogP contribution in [0.5, 0.6) is 0 Å². The number of ether oxygens (including phenoxy) is 2. The van der Waals surface area contributed by atoms with E-state index in [4.69, 9.17) is 4.74 Å². The van der Waals surface area contributed by atoms with E-state index in [0.29, 0.717) is 0 Å². The average Bonchev–Trinajstić information content (AvgIpc) is 2.94. The first kappa shape index (κ1) is 38.3. The largest absolute Gasteiger partial charge is 0.460 e. The number of hydrogen-bond donors (Lipinski definition) is 1. The van der Waals surface area contributed by atoms with Crippen LogP contribution < -0.4 is 0 Å². The molecule has 0 heterocycles. The molecule has 2 aromatic rings. The van der Waals surface area contributed by atoms with Crippen LogP contribution in [0.3, 0.4) is 0 Å². The molecule has 256 valence electrons. The zero-order chi connectivity index (χ0) is 34.9. The summed E-state index contributed by atoms with van der Waals surface area (Å²) in [6, 6.07) is 12.3. The molecule has 0 aromatic heterocycles. The summed E-state index contributed by atoms with van der Waals surface area (Å²) in [5, 5.41) is 9.54. The van der Waals surface area contributed by atoms with Gasteiger partial charge < -0.3 is 14.6 Å². The topological polar surface area (TPSA) is 38.7 Å². The molecule has 1 N–H and O–H groups in total. The molecule has 2 aromatic carbocycles. The predicted octanol–water partition coefficient (Wildman–Crippen LogP) is 8.16. The maximum Gasteiger partial charge on any atom is 0.460 e. The van der Waals surface area contributed by atoms with Crippen LogP contribution in [0.25, 0.3) is 0 Å². The first-order chi connectivity index (χ1) is 20.3. The standard InChI is InChI=1S/C25H19F17O3/c26-18(27,17(45-13-15-9-5-2-6-10-15)16(11-43)44-12-14-7-3-1-4-8-14)19(28,29)20(30,31)21(32,33)22(34,35)23(36,37)24(38,39)25(40,41)42/h1-10,16-17,43H,11-13H2/t16-,17+/m0/s1. The van der Waals surface area contributed by atoms with Crippen molar-refractivity contribution < 1.29 is 89.2 Å². The van der Waals surface area contributed by atoms with Gasteiger partial charge in [-0.05, 0) is 11.1 Å². The van der Waals surface area contributed by atoms with E-state index >= 15 is 8.78 Å². The predicted molar refractivity (Wildman–Crippen MR) is 118 cm³/mol. The Morgan fingerprint density at radius 2 is 0.800 bits per heavy atom. The molecule has 0 saturated carbocycles. The quantitative estimate of drug-likeness (QED) is 0.192. The van der Waals surface area contributed by atoms with E-state index in [-0.39, 0.29) is 11.1 Å². The lowest BCUT2D eigenvalue weighted by atomic mass is 9.86. The molecule has 0 amide bonds. The summed E-state index contributed by atoms with van der Waals surface area (Å²) in [6.45, 7) is -4.04. The maximum atomic E-state index is 15.2. The molecule has 3 nitrogen and oxygen atoms in total. The van der Waals surface area contributed by atoms with Crippen LogP contribution in [-0.4, -0.2) is 71.6 Å². The maximum absolute atomic E-state index is 15.2. The second-order valence-corrected chi connectivity index (χ2v) is 9.30. The van der Waals surface area contributed by atoms with Crippen LogP contribution in [0.1, 0.15) is 11.1 Å². The van der Waals surface area contributed by atoms with Gasteiger partial charge in [0.1, 0.15) is 6.10 Å². The summed E-state index contributed by atoms with van der Waals surface area (Å²) in [6.07, 6.45) is -14.8. The molecule has 2 atom stereocenters. The SMILES string of the molecule is OC[C@H](OCc1ccccc1)[C@@H](OCc1ccccc1)C(F)(F)C(F)(F)C(F)(F)C(F)(F)C(F)(F)C(F)(F)C(F)(F)C(F)(F)F. The third-order valence-corrected chi connectivity index (χ3v) is 6.20. The molecule has 0 aliphatic rings. The molecule has 0 unspecified atom stereocenters. The minimum Gasteiger partial charge on any atom is -0.394 e. The van der Waals surface area contributed by atoms with Gasteiger partial charge >= 0.3 is 47.6 Å². The van der Waals surface area contributed by atoms with Crippen molar-refractivity contribution in [2.75, 3.05) is 6.61 Å². The van der Waals surface area contributed by atoms with Gasteiger partial charge in [-0.2, -0.15) is 74.6 Å². The molecule has 45 heavy (non-hydrogen) atoms. The Bertz CT molecular complexity index is 1230. The van der Waals surface area contributed by atoms with Crippen LogP contribution in [-0.2, 0) is 22.7 Å². The van der Waals surface area contributed by atoms with E-state index in [1.54, 1.807) is 0 Å². The van der Waals surface area contributed by atoms with Crippen LogP contribution in [0.15, 0.2) is 60.7 Å². The summed E-state index contributed by atoms with van der Waals surface area (Å²) >= 11 is 0. The molecule has 2 rings (SSSR count). The van der Waals surface area contributed by atoms with Crippen molar-refractivity contribution in [3.63, 3.8) is 0 Å². The number of hydrogen-bond acceptors (Lipinski definition) is 3. The summed E-state index contributed by atoms with van der Waals surface area (Å²) < 4.78 is 244. The third-order valence-electron chi connectivity index (χ3n) is 6.20. The van der Waals surface area contributed by atoms with Gasteiger partial charge in [0, 0.05) is 0 Å². The van der Waals surface area contributed by atoms with Gasteiger partial charge in [-0.15, -0.1) is 0 Å². The Kier molecular flexibility index (Phi) is 10.8. The fourth-order valence-electron chi connectivity index (χ4n) is 3.57. The number of aliphatic hydroxyl groups excluding tert-OH is 1. The molecule has 0 aliphatic heterocycles. The zero-order valence-electron chi connectivity index (χ0n) is 21.7. The summed E-state index contributed by atoms with van der Waals surface area (Å²) in [5.74, 6) is -57.9. The molecular formula is C25H19F17O3. The molecule has 0 bridgehead atoms. The van der Waals surface area contributed by atoms with Gasteiger partial charge in [-0.1, -0.05) is 60.7 Å². The number of halogens is 17. The fraction of sp³-hybridized carbons (Fsp3) is 0.520. The molecule has 20 heteroatoms. The lowest BCUT2D eigenvalue weighted by Crippen LogP contribution is -2.75. The fourth-order valence-corrected chi connectivity index (χ4v) is 3.57. The third kappa shape index (κ3) is 6.54. The minimum absolute atomic E-state index is 0.0390. The van der Waals surface area contributed by atoms with Crippen LogP contribution >= 0.6 is 0 Å². The van der Waals surface area contributed by atoms with Gasteiger partial charge in [0.05, 0.1) is 19.8 Å². The van der Waals surface area contributed by atoms with E-state index in [1.807, 2.05) is 0 Å². The monoisotopic (exact) mass is 690 g/mol. The van der Waals surface area contributed by atoms with Gasteiger partial charge in [0.25, 0.3) is 0 Å². The number of aliphatic hydroxyl groups is 1. The van der Waals surface area contributed by atoms with Gasteiger partial charge in [-0.25, -0.2) is 0 Å². The second kappa shape index (κ2) is 12.7. The summed E-state index contributed by atoms with van der Waals surface area (Å²) in [7, 11) is 0. The molecule has 0 aliphatic carbocycles. The summed E-state index contributed by atoms with van der Waals surface area (Å²) in [4.78, 5) is 0. The Balaban J connectivity index is 2.63. The highest BCUT2D eigenvalue weighted by Crippen LogP contribution is 2.64. The van der Waals surface area contributed by atoms with Crippen LogP contribution in [0.4, 0.5) is 74.6 Å². The van der Waals surface area contributed by atoms with E-state index in [0.717, 1.165) is 12.1 Å². The first-order valence-electron chi connectivity index (χ1n) is 11.9. The smallest absolute Gasteiger partial charge is 0.394 e. The van der Waals surface area contributed by atoms with E-state index < -0.39 is 79.7 Å². The van der Waals surface area contributed by atoms with Gasteiger partial charge in [-0.3, -0.25) is 0 Å². The van der Waals surface area contributed by atoms with Crippen molar-refractivity contribution in [2.45, 2.75) is 73.1 Å². The Hall–Kier alpha value is -2.87. The Morgan fingerprint density at radius 3 is 1.16 bits per heavy atom. The highest BCUT2D eigenvalue weighted by atomic mass is 19.4. The lowest BCUT2D eigenvalue weighted by molar-refractivity contribution is -0.465.